The molecule has 1 aromatic carbocycles. The third-order valence-electron chi connectivity index (χ3n) is 4.73. The van der Waals surface area contributed by atoms with Crippen molar-refractivity contribution in [3.63, 3.8) is 0 Å². The fourth-order valence-corrected chi connectivity index (χ4v) is 2.92. The van der Waals surface area contributed by atoms with E-state index in [-0.39, 0.29) is 11.8 Å². The molecule has 0 saturated carbocycles. The highest BCUT2D eigenvalue weighted by Gasteiger charge is 2.14. The summed E-state index contributed by atoms with van der Waals surface area (Å²) in [5, 5.41) is 6.90. The molecule has 0 aliphatic heterocycles. The van der Waals surface area contributed by atoms with Crippen LogP contribution in [0.4, 0.5) is 0 Å². The Morgan fingerprint density at radius 3 is 2.80 bits per heavy atom. The summed E-state index contributed by atoms with van der Waals surface area (Å²) in [7, 11) is 0. The minimum atomic E-state index is -0.244. The molecular weight excluding hydrogens is 380 g/mol. The average Bonchev–Trinajstić information content (AvgIpc) is 3.43. The Morgan fingerprint density at radius 2 is 2.03 bits per heavy atom. The summed E-state index contributed by atoms with van der Waals surface area (Å²) in [6, 6.07) is 11.5. The number of pyridine rings is 1. The fourth-order valence-electron chi connectivity index (χ4n) is 2.92. The number of nitrogens with one attached hydrogen (secondary N) is 1. The normalized spacial score (nSPS) is 11.1. The van der Waals surface area contributed by atoms with Gasteiger partial charge in [0.2, 0.25) is 0 Å². The van der Waals surface area contributed by atoms with E-state index in [0.29, 0.717) is 29.8 Å². The van der Waals surface area contributed by atoms with E-state index in [4.69, 9.17) is 4.52 Å². The van der Waals surface area contributed by atoms with Crippen LogP contribution in [-0.4, -0.2) is 30.6 Å². The highest BCUT2D eigenvalue weighted by Crippen LogP contribution is 2.21. The zero-order chi connectivity index (χ0) is 21.1. The van der Waals surface area contributed by atoms with Crippen LogP contribution in [0, 0.1) is 6.92 Å². The van der Waals surface area contributed by atoms with Gasteiger partial charge in [0.1, 0.15) is 17.8 Å². The molecule has 8 heteroatoms. The van der Waals surface area contributed by atoms with Gasteiger partial charge in [-0.25, -0.2) is 9.97 Å². The molecule has 0 spiro atoms. The number of imidazole rings is 1. The maximum absolute atomic E-state index is 12.5. The molecular formula is C22H22N6O2. The van der Waals surface area contributed by atoms with Gasteiger partial charge in [-0.05, 0) is 30.2 Å². The molecule has 1 N–H and O–H groups in total. The average molecular weight is 402 g/mol. The highest BCUT2D eigenvalue weighted by atomic mass is 16.5. The Kier molecular flexibility index (Phi) is 5.38. The van der Waals surface area contributed by atoms with Crippen LogP contribution in [0.1, 0.15) is 47.2 Å². The zero-order valence-corrected chi connectivity index (χ0v) is 17.0. The van der Waals surface area contributed by atoms with Crippen molar-refractivity contribution in [3.05, 3.63) is 77.8 Å². The predicted molar refractivity (Wildman–Crippen MR) is 111 cm³/mol. The van der Waals surface area contributed by atoms with Crippen molar-refractivity contribution in [2.45, 2.75) is 33.2 Å². The van der Waals surface area contributed by atoms with Crippen LogP contribution in [0.15, 0.2) is 59.6 Å². The smallest absolute Gasteiger partial charge is 0.271 e. The monoisotopic (exact) mass is 402 g/mol. The number of rotatable bonds is 6. The molecule has 0 fully saturated rings. The van der Waals surface area contributed by atoms with Gasteiger partial charge in [0, 0.05) is 30.4 Å². The van der Waals surface area contributed by atoms with E-state index in [9.17, 15) is 4.79 Å². The molecule has 30 heavy (non-hydrogen) atoms. The van der Waals surface area contributed by atoms with Gasteiger partial charge in [0.05, 0.1) is 0 Å². The molecule has 0 radical (unpaired) electrons. The third kappa shape index (κ3) is 4.12. The van der Waals surface area contributed by atoms with Gasteiger partial charge in [-0.3, -0.25) is 9.36 Å². The summed E-state index contributed by atoms with van der Waals surface area (Å²) < 4.78 is 7.04. The van der Waals surface area contributed by atoms with E-state index in [1.54, 1.807) is 29.4 Å². The summed E-state index contributed by atoms with van der Waals surface area (Å²) in [5.74, 6) is 1.62. The molecule has 0 atom stereocenters. The van der Waals surface area contributed by atoms with Crippen molar-refractivity contribution in [1.82, 2.24) is 30.0 Å². The second-order valence-corrected chi connectivity index (χ2v) is 7.29. The van der Waals surface area contributed by atoms with Crippen molar-refractivity contribution >= 4 is 5.91 Å². The molecule has 0 aliphatic rings. The van der Waals surface area contributed by atoms with E-state index < -0.39 is 0 Å². The summed E-state index contributed by atoms with van der Waals surface area (Å²) in [5.41, 5.74) is 3.26. The lowest BCUT2D eigenvalue weighted by molar-refractivity contribution is 0.0946. The number of carbonyl (C=O) groups is 1. The molecule has 1 amide bonds. The van der Waals surface area contributed by atoms with Crippen molar-refractivity contribution in [2.24, 2.45) is 0 Å². The minimum Gasteiger partial charge on any atom is -0.347 e. The number of carbonyl (C=O) groups excluding carboxylic acids is 1. The van der Waals surface area contributed by atoms with E-state index >= 15 is 0 Å². The quantitative estimate of drug-likeness (QED) is 0.528. The number of aryl methyl sites for hydroxylation is 1. The summed E-state index contributed by atoms with van der Waals surface area (Å²) >= 11 is 0. The molecule has 0 unspecified atom stereocenters. The lowest BCUT2D eigenvalue weighted by Crippen LogP contribution is -2.23. The molecule has 8 nitrogen and oxygen atoms in total. The number of aromatic nitrogens is 5. The fraction of sp³-hybridized carbons (Fsp3) is 0.227. The predicted octanol–water partition coefficient (Wildman–Crippen LogP) is 3.68. The zero-order valence-electron chi connectivity index (χ0n) is 17.0. The van der Waals surface area contributed by atoms with E-state index in [1.807, 2.05) is 51.1 Å². The molecule has 152 valence electrons. The molecule has 0 bridgehead atoms. The molecule has 3 aromatic heterocycles. The molecule has 4 aromatic rings. The van der Waals surface area contributed by atoms with E-state index in [2.05, 4.69) is 25.4 Å². The largest absolute Gasteiger partial charge is 0.347 e. The standard InChI is InChI=1S/C22H22N6O2/c1-14(2)20-26-22(30-27-20)16-8-9-23-19(10-16)28-12-18(25-13-28)21(29)24-11-17-7-5-4-6-15(17)3/h4-10,12-14H,11H2,1-3H3,(H,24,29). The maximum atomic E-state index is 12.5. The number of benzene rings is 1. The molecule has 4 rings (SSSR count). The molecule has 0 saturated heterocycles. The number of nitrogens with zero attached hydrogens (tertiary/aromatic N) is 5. The first-order chi connectivity index (χ1) is 14.5. The van der Waals surface area contributed by atoms with E-state index in [0.717, 1.165) is 16.7 Å². The van der Waals surface area contributed by atoms with Gasteiger partial charge in [-0.2, -0.15) is 4.98 Å². The Hall–Kier alpha value is -3.81. The lowest BCUT2D eigenvalue weighted by Gasteiger charge is -2.06. The Bertz CT molecular complexity index is 1180. The van der Waals surface area contributed by atoms with Gasteiger partial charge in [-0.1, -0.05) is 43.3 Å². The Labute approximate surface area is 174 Å². The SMILES string of the molecule is Cc1ccccc1CNC(=O)c1cn(-c2cc(-c3nc(C(C)C)no3)ccn2)cn1. The third-order valence-corrected chi connectivity index (χ3v) is 4.73. The minimum absolute atomic E-state index is 0.179. The first kappa shape index (κ1) is 19.5. The first-order valence-electron chi connectivity index (χ1n) is 9.68. The maximum Gasteiger partial charge on any atom is 0.271 e. The first-order valence-corrected chi connectivity index (χ1v) is 9.68. The van der Waals surface area contributed by atoms with Crippen LogP contribution >= 0.6 is 0 Å². The van der Waals surface area contributed by atoms with Gasteiger partial charge in [0.25, 0.3) is 11.8 Å². The summed E-state index contributed by atoms with van der Waals surface area (Å²) in [6.07, 6.45) is 4.86. The van der Waals surface area contributed by atoms with Crippen LogP contribution in [0.2, 0.25) is 0 Å². The van der Waals surface area contributed by atoms with Crippen molar-refractivity contribution in [1.29, 1.82) is 0 Å². The summed E-state index contributed by atoms with van der Waals surface area (Å²) in [6.45, 7) is 6.47. The highest BCUT2D eigenvalue weighted by molar-refractivity contribution is 5.92. The second kappa shape index (κ2) is 8.28. The summed E-state index contributed by atoms with van der Waals surface area (Å²) in [4.78, 5) is 25.5. The molecule has 0 aliphatic carbocycles. The van der Waals surface area contributed by atoms with Crippen molar-refractivity contribution < 1.29 is 9.32 Å². The van der Waals surface area contributed by atoms with Gasteiger partial charge < -0.3 is 9.84 Å². The van der Waals surface area contributed by atoms with Crippen LogP contribution in [0.3, 0.4) is 0 Å². The van der Waals surface area contributed by atoms with Crippen LogP contribution < -0.4 is 5.32 Å². The lowest BCUT2D eigenvalue weighted by atomic mass is 10.1. The number of hydrogen-bond acceptors (Lipinski definition) is 6. The van der Waals surface area contributed by atoms with Crippen LogP contribution in [0.5, 0.6) is 0 Å². The van der Waals surface area contributed by atoms with Crippen molar-refractivity contribution in [2.75, 3.05) is 0 Å². The number of hydrogen-bond donors (Lipinski definition) is 1. The molecule has 3 heterocycles. The van der Waals surface area contributed by atoms with Gasteiger partial charge in [0.15, 0.2) is 5.82 Å². The number of amides is 1. The topological polar surface area (TPSA) is 98.7 Å². The van der Waals surface area contributed by atoms with Gasteiger partial charge in [-0.15, -0.1) is 0 Å². The Balaban J connectivity index is 1.49. The second-order valence-electron chi connectivity index (χ2n) is 7.29. The van der Waals surface area contributed by atoms with Crippen molar-refractivity contribution in [3.8, 4) is 17.3 Å². The van der Waals surface area contributed by atoms with Gasteiger partial charge >= 0.3 is 0 Å². The van der Waals surface area contributed by atoms with Crippen LogP contribution in [-0.2, 0) is 6.54 Å². The van der Waals surface area contributed by atoms with Crippen LogP contribution in [0.25, 0.3) is 17.3 Å². The van der Waals surface area contributed by atoms with E-state index in [1.165, 1.54) is 0 Å². The Morgan fingerprint density at radius 1 is 1.20 bits per heavy atom.